The fourth-order valence-corrected chi connectivity index (χ4v) is 1.93. The molecule has 0 amide bonds. The van der Waals surface area contributed by atoms with Crippen molar-refractivity contribution in [1.82, 2.24) is 0 Å². The molecule has 0 heterocycles. The Bertz CT molecular complexity index is 532. The zero-order chi connectivity index (χ0) is 12.3. The molecule has 0 fully saturated rings. The van der Waals surface area contributed by atoms with E-state index in [0.717, 1.165) is 16.4 Å². The number of carbonyl (C=O) groups is 1. The Labute approximate surface area is 103 Å². The van der Waals surface area contributed by atoms with E-state index in [1.54, 1.807) is 12.1 Å². The van der Waals surface area contributed by atoms with E-state index in [-0.39, 0.29) is 5.97 Å². The highest BCUT2D eigenvalue weighted by molar-refractivity contribution is 7.27. The lowest BCUT2D eigenvalue weighted by Crippen LogP contribution is -2.00. The molecule has 0 aliphatic carbocycles. The summed E-state index contributed by atoms with van der Waals surface area (Å²) >= 11 is 0. The van der Waals surface area contributed by atoms with Gasteiger partial charge in [-0.15, -0.1) is 9.24 Å². The molecular weight excluding hydrogens is 231 g/mol. The van der Waals surface area contributed by atoms with Crippen molar-refractivity contribution in [2.75, 3.05) is 7.11 Å². The Morgan fingerprint density at radius 3 is 2.35 bits per heavy atom. The van der Waals surface area contributed by atoms with Crippen LogP contribution in [-0.2, 0) is 4.74 Å². The van der Waals surface area contributed by atoms with E-state index in [9.17, 15) is 4.79 Å². The molecule has 17 heavy (non-hydrogen) atoms. The van der Waals surface area contributed by atoms with Crippen molar-refractivity contribution in [3.63, 3.8) is 0 Å². The molecule has 0 aliphatic rings. The number of benzene rings is 2. The topological polar surface area (TPSA) is 26.3 Å². The average Bonchev–Trinajstić information content (AvgIpc) is 2.38. The van der Waals surface area contributed by atoms with E-state index in [1.165, 1.54) is 7.11 Å². The summed E-state index contributed by atoms with van der Waals surface area (Å²) in [6.45, 7) is 0. The Balaban J connectivity index is 2.32. The van der Waals surface area contributed by atoms with Gasteiger partial charge in [-0.2, -0.15) is 0 Å². The van der Waals surface area contributed by atoms with Gasteiger partial charge in [0.2, 0.25) is 0 Å². The van der Waals surface area contributed by atoms with Crippen molar-refractivity contribution >= 4 is 20.5 Å². The summed E-state index contributed by atoms with van der Waals surface area (Å²) < 4.78 is 4.66. The predicted octanol–water partition coefficient (Wildman–Crippen LogP) is 2.64. The van der Waals surface area contributed by atoms with Gasteiger partial charge in [0.25, 0.3) is 0 Å². The van der Waals surface area contributed by atoms with E-state index in [4.69, 9.17) is 0 Å². The zero-order valence-electron chi connectivity index (χ0n) is 9.51. The fourth-order valence-electron chi connectivity index (χ4n) is 1.63. The molecule has 0 N–H and O–H groups in total. The predicted molar refractivity (Wildman–Crippen MR) is 72.6 cm³/mol. The third kappa shape index (κ3) is 2.72. The number of ether oxygens (including phenoxy) is 1. The van der Waals surface area contributed by atoms with Crippen LogP contribution in [-0.4, -0.2) is 13.1 Å². The summed E-state index contributed by atoms with van der Waals surface area (Å²) in [6, 6.07) is 15.5. The standard InChI is InChI=1S/C14H13O2P/c1-16-14(15)11-7-5-10(6-8-11)12-3-2-4-13(17)9-12/h2-9H,17H2,1H3. The number of methoxy groups -OCH3 is 1. The molecule has 3 heteroatoms. The first-order valence-electron chi connectivity index (χ1n) is 5.25. The molecule has 86 valence electrons. The molecule has 0 radical (unpaired) electrons. The Morgan fingerprint density at radius 1 is 1.06 bits per heavy atom. The fraction of sp³-hybridized carbons (Fsp3) is 0.0714. The van der Waals surface area contributed by atoms with Crippen LogP contribution in [0.4, 0.5) is 0 Å². The maximum Gasteiger partial charge on any atom is 0.337 e. The molecule has 2 aromatic rings. The van der Waals surface area contributed by atoms with E-state index >= 15 is 0 Å². The average molecular weight is 244 g/mol. The lowest BCUT2D eigenvalue weighted by molar-refractivity contribution is 0.0601. The van der Waals surface area contributed by atoms with Crippen LogP contribution in [0.5, 0.6) is 0 Å². The SMILES string of the molecule is COC(=O)c1ccc(-c2cccc(P)c2)cc1. The number of esters is 1. The number of carbonyl (C=O) groups excluding carboxylic acids is 1. The third-order valence-corrected chi connectivity index (χ3v) is 2.89. The highest BCUT2D eigenvalue weighted by atomic mass is 31.0. The molecule has 0 spiro atoms. The van der Waals surface area contributed by atoms with E-state index in [2.05, 4.69) is 20.0 Å². The molecule has 1 unspecified atom stereocenters. The van der Waals surface area contributed by atoms with Gasteiger partial charge in [-0.25, -0.2) is 4.79 Å². The van der Waals surface area contributed by atoms with E-state index in [1.807, 2.05) is 30.3 Å². The summed E-state index contributed by atoms with van der Waals surface area (Å²) in [4.78, 5) is 11.3. The van der Waals surface area contributed by atoms with Gasteiger partial charge in [-0.05, 0) is 34.6 Å². The molecule has 0 aromatic heterocycles. The lowest BCUT2D eigenvalue weighted by Gasteiger charge is -2.04. The van der Waals surface area contributed by atoms with Crippen LogP contribution in [0.1, 0.15) is 10.4 Å². The first-order chi connectivity index (χ1) is 8.20. The smallest absolute Gasteiger partial charge is 0.337 e. The lowest BCUT2D eigenvalue weighted by atomic mass is 10.0. The summed E-state index contributed by atoms with van der Waals surface area (Å²) in [7, 11) is 4.05. The van der Waals surface area contributed by atoms with Crippen LogP contribution in [0.15, 0.2) is 48.5 Å². The molecular formula is C14H13O2P. The second-order valence-corrected chi connectivity index (χ2v) is 4.36. The zero-order valence-corrected chi connectivity index (χ0v) is 10.7. The minimum absolute atomic E-state index is 0.309. The summed E-state index contributed by atoms with van der Waals surface area (Å²) in [5, 5.41) is 1.14. The molecule has 2 rings (SSSR count). The second-order valence-electron chi connectivity index (χ2n) is 3.69. The quantitative estimate of drug-likeness (QED) is 0.599. The molecule has 0 saturated carbocycles. The maximum absolute atomic E-state index is 11.3. The van der Waals surface area contributed by atoms with Gasteiger partial charge in [0.15, 0.2) is 0 Å². The van der Waals surface area contributed by atoms with Gasteiger partial charge in [0.05, 0.1) is 12.7 Å². The van der Waals surface area contributed by atoms with Crippen molar-refractivity contribution in [3.05, 3.63) is 54.1 Å². The van der Waals surface area contributed by atoms with Crippen molar-refractivity contribution in [2.45, 2.75) is 0 Å². The van der Waals surface area contributed by atoms with Gasteiger partial charge < -0.3 is 4.74 Å². The van der Waals surface area contributed by atoms with Gasteiger partial charge in [-0.1, -0.05) is 30.3 Å². The Kier molecular flexibility index (Phi) is 3.55. The normalized spacial score (nSPS) is 10.0. The van der Waals surface area contributed by atoms with Crippen LogP contribution in [0, 0.1) is 0 Å². The van der Waals surface area contributed by atoms with Gasteiger partial charge in [-0.3, -0.25) is 0 Å². The van der Waals surface area contributed by atoms with E-state index < -0.39 is 0 Å². The first kappa shape index (κ1) is 11.8. The minimum atomic E-state index is -0.309. The summed E-state index contributed by atoms with van der Waals surface area (Å²) in [5.41, 5.74) is 2.79. The summed E-state index contributed by atoms with van der Waals surface area (Å²) in [5.74, 6) is -0.309. The molecule has 2 nitrogen and oxygen atoms in total. The van der Waals surface area contributed by atoms with Crippen molar-refractivity contribution in [3.8, 4) is 11.1 Å². The van der Waals surface area contributed by atoms with Crippen molar-refractivity contribution in [1.29, 1.82) is 0 Å². The van der Waals surface area contributed by atoms with Crippen LogP contribution in [0.2, 0.25) is 0 Å². The highest BCUT2D eigenvalue weighted by Crippen LogP contribution is 2.19. The van der Waals surface area contributed by atoms with Crippen LogP contribution >= 0.6 is 9.24 Å². The maximum atomic E-state index is 11.3. The van der Waals surface area contributed by atoms with Crippen molar-refractivity contribution in [2.24, 2.45) is 0 Å². The molecule has 0 bridgehead atoms. The highest BCUT2D eigenvalue weighted by Gasteiger charge is 2.05. The van der Waals surface area contributed by atoms with Crippen LogP contribution in [0.25, 0.3) is 11.1 Å². The van der Waals surface area contributed by atoms with E-state index in [0.29, 0.717) is 5.56 Å². The van der Waals surface area contributed by atoms with Crippen LogP contribution in [0.3, 0.4) is 0 Å². The van der Waals surface area contributed by atoms with Crippen molar-refractivity contribution < 1.29 is 9.53 Å². The second kappa shape index (κ2) is 5.11. The molecule has 2 aromatic carbocycles. The first-order valence-corrected chi connectivity index (χ1v) is 5.83. The largest absolute Gasteiger partial charge is 0.465 e. The third-order valence-electron chi connectivity index (χ3n) is 2.53. The molecule has 1 atom stereocenters. The molecule has 0 aliphatic heterocycles. The van der Waals surface area contributed by atoms with Gasteiger partial charge >= 0.3 is 5.97 Å². The number of rotatable bonds is 2. The number of hydrogen-bond acceptors (Lipinski definition) is 2. The summed E-state index contributed by atoms with van der Waals surface area (Å²) in [6.07, 6.45) is 0. The molecule has 0 saturated heterocycles. The monoisotopic (exact) mass is 244 g/mol. The number of hydrogen-bond donors (Lipinski definition) is 0. The van der Waals surface area contributed by atoms with Gasteiger partial charge in [0.1, 0.15) is 0 Å². The van der Waals surface area contributed by atoms with Gasteiger partial charge in [0, 0.05) is 0 Å². The van der Waals surface area contributed by atoms with Crippen LogP contribution < -0.4 is 5.30 Å². The minimum Gasteiger partial charge on any atom is -0.465 e. The Hall–Kier alpha value is -1.66. The Morgan fingerprint density at radius 2 is 1.76 bits per heavy atom.